The number of fused-ring (bicyclic) bond motifs is 2. The van der Waals surface area contributed by atoms with Crippen LogP contribution in [0.5, 0.6) is 0 Å². The Labute approximate surface area is 138 Å². The van der Waals surface area contributed by atoms with Gasteiger partial charge in [0.1, 0.15) is 6.04 Å². The minimum atomic E-state index is -1.22. The highest BCUT2D eigenvalue weighted by atomic mass is 16.3. The smallest absolute Gasteiger partial charge is 0.332 e. The van der Waals surface area contributed by atoms with Crippen molar-refractivity contribution in [1.29, 1.82) is 5.26 Å². The summed E-state index contributed by atoms with van der Waals surface area (Å²) >= 11 is 0. The fourth-order valence-corrected chi connectivity index (χ4v) is 3.70. The molecule has 120 valence electrons. The van der Waals surface area contributed by atoms with E-state index >= 15 is 0 Å². The van der Waals surface area contributed by atoms with Crippen LogP contribution in [-0.2, 0) is 4.79 Å². The molecule has 4 rings (SSSR count). The predicted molar refractivity (Wildman–Crippen MR) is 87.3 cm³/mol. The molecule has 2 saturated heterocycles. The summed E-state index contributed by atoms with van der Waals surface area (Å²) in [4.78, 5) is 28.1. The summed E-state index contributed by atoms with van der Waals surface area (Å²) in [5.74, 6) is -0.419. The third-order valence-electron chi connectivity index (χ3n) is 4.91. The van der Waals surface area contributed by atoms with Crippen LogP contribution in [-0.4, -0.2) is 40.1 Å². The lowest BCUT2D eigenvalue weighted by Crippen LogP contribution is -2.44. The van der Waals surface area contributed by atoms with Gasteiger partial charge in [0.2, 0.25) is 0 Å². The van der Waals surface area contributed by atoms with Crippen LogP contribution in [0, 0.1) is 11.3 Å². The summed E-state index contributed by atoms with van der Waals surface area (Å²) in [7, 11) is 0. The minimum absolute atomic E-state index is 0.354. The predicted octanol–water partition coefficient (Wildman–Crippen LogP) is 2.00. The number of benzene rings is 2. The molecule has 2 aromatic carbocycles. The first-order valence-corrected chi connectivity index (χ1v) is 7.74. The molecule has 0 saturated carbocycles. The number of aliphatic hydroxyl groups is 1. The van der Waals surface area contributed by atoms with Gasteiger partial charge in [0.25, 0.3) is 5.91 Å². The fraction of sp³-hybridized carbons (Fsp3) is 0.278. The highest BCUT2D eigenvalue weighted by Crippen LogP contribution is 2.39. The number of anilines is 1. The molecule has 0 radical (unpaired) electrons. The van der Waals surface area contributed by atoms with E-state index in [4.69, 9.17) is 0 Å². The standard InChI is InChI=1S/C18H15N3O3/c1-18(24)8-9-20-15(18)16(22)21(17(20)23)14-7-6-11(10-19)12-4-2-3-5-13(12)14/h2-7,15,24H,8-9H2,1H3/t15-,18+/m1/s1. The Morgan fingerprint density at radius 2 is 1.92 bits per heavy atom. The summed E-state index contributed by atoms with van der Waals surface area (Å²) < 4.78 is 0. The van der Waals surface area contributed by atoms with E-state index in [1.165, 1.54) is 4.90 Å². The quantitative estimate of drug-likeness (QED) is 0.814. The van der Waals surface area contributed by atoms with Crippen molar-refractivity contribution in [2.75, 3.05) is 11.4 Å². The van der Waals surface area contributed by atoms with Gasteiger partial charge in [0.15, 0.2) is 0 Å². The zero-order valence-electron chi connectivity index (χ0n) is 13.1. The molecule has 0 aromatic heterocycles. The summed E-state index contributed by atoms with van der Waals surface area (Å²) in [5, 5.41) is 21.0. The topological polar surface area (TPSA) is 84.6 Å². The number of imide groups is 1. The molecule has 24 heavy (non-hydrogen) atoms. The molecule has 0 bridgehead atoms. The van der Waals surface area contributed by atoms with Crippen LogP contribution in [0.1, 0.15) is 18.9 Å². The number of nitrogens with zero attached hydrogens (tertiary/aromatic N) is 3. The number of nitriles is 1. The van der Waals surface area contributed by atoms with Crippen LogP contribution in [0.2, 0.25) is 0 Å². The van der Waals surface area contributed by atoms with E-state index in [1.54, 1.807) is 37.3 Å². The maximum absolute atomic E-state index is 12.9. The molecule has 0 unspecified atom stereocenters. The molecule has 2 heterocycles. The van der Waals surface area contributed by atoms with Crippen molar-refractivity contribution in [1.82, 2.24) is 4.90 Å². The number of amides is 3. The SMILES string of the molecule is C[C@]1(O)CCN2C(=O)N(c3ccc(C#N)c4ccccc34)C(=O)[C@@H]21. The van der Waals surface area contributed by atoms with Crippen molar-refractivity contribution in [3.63, 3.8) is 0 Å². The van der Waals surface area contributed by atoms with E-state index in [1.807, 2.05) is 6.07 Å². The van der Waals surface area contributed by atoms with Crippen LogP contribution < -0.4 is 4.90 Å². The van der Waals surface area contributed by atoms with E-state index in [0.29, 0.717) is 35.0 Å². The average molecular weight is 321 g/mol. The number of urea groups is 1. The lowest BCUT2D eigenvalue weighted by Gasteiger charge is -2.22. The van der Waals surface area contributed by atoms with Crippen LogP contribution in [0.25, 0.3) is 10.8 Å². The number of hydrogen-bond acceptors (Lipinski definition) is 4. The average Bonchev–Trinajstić information content (AvgIpc) is 3.02. The van der Waals surface area contributed by atoms with Crippen LogP contribution >= 0.6 is 0 Å². The molecule has 2 aromatic rings. The largest absolute Gasteiger partial charge is 0.387 e. The van der Waals surface area contributed by atoms with Gasteiger partial charge in [-0.3, -0.25) is 4.79 Å². The maximum Gasteiger partial charge on any atom is 0.332 e. The highest BCUT2D eigenvalue weighted by molar-refractivity contribution is 6.25. The second-order valence-electron chi connectivity index (χ2n) is 6.45. The second-order valence-corrected chi connectivity index (χ2v) is 6.45. The fourth-order valence-electron chi connectivity index (χ4n) is 3.70. The van der Waals surface area contributed by atoms with E-state index < -0.39 is 23.6 Å². The van der Waals surface area contributed by atoms with Gasteiger partial charge < -0.3 is 10.0 Å². The van der Waals surface area contributed by atoms with Crippen molar-refractivity contribution in [2.24, 2.45) is 0 Å². The number of carbonyl (C=O) groups is 2. The molecule has 1 N–H and O–H groups in total. The summed E-state index contributed by atoms with van der Waals surface area (Å²) in [6.45, 7) is 1.94. The number of hydrogen-bond donors (Lipinski definition) is 1. The number of carbonyl (C=O) groups excluding carboxylic acids is 2. The zero-order valence-corrected chi connectivity index (χ0v) is 13.1. The lowest BCUT2D eigenvalue weighted by atomic mass is 9.96. The Hall–Kier alpha value is -2.91. The van der Waals surface area contributed by atoms with Crippen molar-refractivity contribution in [2.45, 2.75) is 25.0 Å². The molecular weight excluding hydrogens is 306 g/mol. The molecule has 0 aliphatic carbocycles. The summed E-state index contributed by atoms with van der Waals surface area (Å²) in [5.41, 5.74) is -0.282. The van der Waals surface area contributed by atoms with Gasteiger partial charge >= 0.3 is 6.03 Å². The van der Waals surface area contributed by atoms with Gasteiger partial charge in [-0.25, -0.2) is 9.69 Å². The Balaban J connectivity index is 1.89. The Morgan fingerprint density at radius 1 is 1.21 bits per heavy atom. The molecule has 6 nitrogen and oxygen atoms in total. The molecule has 2 fully saturated rings. The minimum Gasteiger partial charge on any atom is -0.387 e. The van der Waals surface area contributed by atoms with Gasteiger partial charge in [-0.1, -0.05) is 24.3 Å². The Kier molecular flexibility index (Phi) is 2.93. The first-order chi connectivity index (χ1) is 11.5. The van der Waals surface area contributed by atoms with Gasteiger partial charge in [-0.05, 0) is 25.5 Å². The Bertz CT molecular complexity index is 929. The van der Waals surface area contributed by atoms with Crippen molar-refractivity contribution in [3.05, 3.63) is 42.0 Å². The third kappa shape index (κ3) is 1.79. The first kappa shape index (κ1) is 14.7. The number of rotatable bonds is 1. The molecule has 2 atom stereocenters. The van der Waals surface area contributed by atoms with E-state index in [9.17, 15) is 20.0 Å². The van der Waals surface area contributed by atoms with Crippen LogP contribution in [0.3, 0.4) is 0 Å². The molecule has 3 amide bonds. The van der Waals surface area contributed by atoms with Crippen molar-refractivity contribution >= 4 is 28.4 Å². The van der Waals surface area contributed by atoms with E-state index in [0.717, 1.165) is 4.90 Å². The van der Waals surface area contributed by atoms with Crippen LogP contribution in [0.15, 0.2) is 36.4 Å². The third-order valence-corrected chi connectivity index (χ3v) is 4.91. The monoisotopic (exact) mass is 321 g/mol. The molecule has 0 spiro atoms. The second kappa shape index (κ2) is 4.79. The first-order valence-electron chi connectivity index (χ1n) is 7.74. The van der Waals surface area contributed by atoms with Gasteiger partial charge in [-0.2, -0.15) is 5.26 Å². The highest BCUT2D eigenvalue weighted by Gasteiger charge is 2.57. The molecular formula is C18H15N3O3. The molecule has 2 aliphatic heterocycles. The van der Waals surface area contributed by atoms with E-state index in [-0.39, 0.29) is 0 Å². The van der Waals surface area contributed by atoms with Crippen molar-refractivity contribution in [3.8, 4) is 6.07 Å². The van der Waals surface area contributed by atoms with Gasteiger partial charge in [-0.15, -0.1) is 0 Å². The van der Waals surface area contributed by atoms with Gasteiger partial charge in [0, 0.05) is 17.3 Å². The normalized spacial score (nSPS) is 26.1. The van der Waals surface area contributed by atoms with Gasteiger partial charge in [0.05, 0.1) is 22.9 Å². The molecule has 6 heteroatoms. The summed E-state index contributed by atoms with van der Waals surface area (Å²) in [6.07, 6.45) is 0.386. The maximum atomic E-state index is 12.9. The zero-order chi connectivity index (χ0) is 17.1. The summed E-state index contributed by atoms with van der Waals surface area (Å²) in [6, 6.07) is 11.3. The van der Waals surface area contributed by atoms with Crippen LogP contribution in [0.4, 0.5) is 10.5 Å². The van der Waals surface area contributed by atoms with Crippen molar-refractivity contribution < 1.29 is 14.7 Å². The Morgan fingerprint density at radius 3 is 2.58 bits per heavy atom. The van der Waals surface area contributed by atoms with E-state index in [2.05, 4.69) is 6.07 Å². The molecule has 2 aliphatic rings. The lowest BCUT2D eigenvalue weighted by molar-refractivity contribution is -0.124.